The Morgan fingerprint density at radius 1 is 1.17 bits per heavy atom. The van der Waals surface area contributed by atoms with Crippen LogP contribution in [0.4, 0.5) is 5.69 Å². The fraction of sp³-hybridized carbons (Fsp3) is 0.222. The van der Waals surface area contributed by atoms with Crippen molar-refractivity contribution in [3.05, 3.63) is 53.6 Å². The minimum atomic E-state index is -0.763. The lowest BCUT2D eigenvalue weighted by atomic mass is 10.1. The van der Waals surface area contributed by atoms with Crippen molar-refractivity contribution in [2.45, 2.75) is 13.0 Å². The number of amides is 1. The van der Waals surface area contributed by atoms with Crippen LogP contribution in [-0.4, -0.2) is 31.7 Å². The van der Waals surface area contributed by atoms with Crippen LogP contribution >= 0.6 is 0 Å². The van der Waals surface area contributed by atoms with E-state index in [2.05, 4.69) is 5.32 Å². The second kappa shape index (κ2) is 6.62. The quantitative estimate of drug-likeness (QED) is 0.877. The van der Waals surface area contributed by atoms with Gasteiger partial charge in [-0.2, -0.15) is 0 Å². The molecule has 1 N–H and O–H groups in total. The maximum absolute atomic E-state index is 12.4. The van der Waals surface area contributed by atoms with Gasteiger partial charge in [-0.1, -0.05) is 18.2 Å². The Kier molecular flexibility index (Phi) is 4.37. The molecule has 2 aromatic rings. The van der Waals surface area contributed by atoms with Gasteiger partial charge in [0, 0.05) is 5.69 Å². The molecule has 0 aromatic heterocycles. The molecule has 1 amide bonds. The summed E-state index contributed by atoms with van der Waals surface area (Å²) in [5.74, 6) is 0.348. The van der Waals surface area contributed by atoms with E-state index >= 15 is 0 Å². The van der Waals surface area contributed by atoms with Crippen LogP contribution in [-0.2, 0) is 9.53 Å². The number of fused-ring (bicyclic) bond motifs is 1. The number of carbonyl (C=O) groups is 2. The molecular formula is C18H17NO5. The molecule has 24 heavy (non-hydrogen) atoms. The van der Waals surface area contributed by atoms with Gasteiger partial charge >= 0.3 is 5.97 Å². The van der Waals surface area contributed by atoms with E-state index in [4.69, 9.17) is 14.2 Å². The van der Waals surface area contributed by atoms with Crippen LogP contribution in [0.15, 0.2) is 42.5 Å². The fourth-order valence-corrected chi connectivity index (χ4v) is 2.36. The van der Waals surface area contributed by atoms with E-state index in [1.165, 1.54) is 7.11 Å². The molecule has 124 valence electrons. The van der Waals surface area contributed by atoms with Gasteiger partial charge in [-0.05, 0) is 36.8 Å². The summed E-state index contributed by atoms with van der Waals surface area (Å²) in [4.78, 5) is 24.1. The zero-order valence-electron chi connectivity index (χ0n) is 13.4. The lowest BCUT2D eigenvalue weighted by Crippen LogP contribution is -2.40. The highest BCUT2D eigenvalue weighted by Crippen LogP contribution is 2.31. The highest BCUT2D eigenvalue weighted by Gasteiger charge is 2.27. The lowest BCUT2D eigenvalue weighted by molar-refractivity contribution is -0.125. The van der Waals surface area contributed by atoms with Crippen molar-refractivity contribution in [3.63, 3.8) is 0 Å². The standard InChI is InChI=1S/C18H17NO5/c1-11-7-8-12(18(21)22-2)9-13(11)19-17(20)16-10-23-14-5-3-4-6-15(14)24-16/h3-9,16H,10H2,1-2H3,(H,19,20)/t16-/m1/s1. The second-order valence-corrected chi connectivity index (χ2v) is 5.37. The van der Waals surface area contributed by atoms with Gasteiger partial charge in [-0.25, -0.2) is 4.79 Å². The average molecular weight is 327 g/mol. The number of carbonyl (C=O) groups excluding carboxylic acids is 2. The third-order valence-corrected chi connectivity index (χ3v) is 3.72. The average Bonchev–Trinajstić information content (AvgIpc) is 2.62. The third-order valence-electron chi connectivity index (χ3n) is 3.72. The molecular weight excluding hydrogens is 310 g/mol. The SMILES string of the molecule is COC(=O)c1ccc(C)c(NC(=O)[C@H]2COc3ccccc3O2)c1. The molecule has 1 atom stereocenters. The van der Waals surface area contributed by atoms with Gasteiger partial charge in [-0.3, -0.25) is 4.79 Å². The zero-order chi connectivity index (χ0) is 17.1. The topological polar surface area (TPSA) is 73.9 Å². The number of benzene rings is 2. The lowest BCUT2D eigenvalue weighted by Gasteiger charge is -2.25. The van der Waals surface area contributed by atoms with Gasteiger partial charge < -0.3 is 19.5 Å². The van der Waals surface area contributed by atoms with Crippen molar-refractivity contribution in [3.8, 4) is 11.5 Å². The molecule has 0 saturated heterocycles. The molecule has 0 bridgehead atoms. The largest absolute Gasteiger partial charge is 0.485 e. The molecule has 6 nitrogen and oxygen atoms in total. The van der Waals surface area contributed by atoms with Crippen molar-refractivity contribution in [1.29, 1.82) is 0 Å². The van der Waals surface area contributed by atoms with E-state index in [0.29, 0.717) is 22.7 Å². The van der Waals surface area contributed by atoms with Crippen molar-refractivity contribution >= 4 is 17.6 Å². The maximum atomic E-state index is 12.4. The molecule has 0 unspecified atom stereocenters. The molecule has 0 saturated carbocycles. The fourth-order valence-electron chi connectivity index (χ4n) is 2.36. The van der Waals surface area contributed by atoms with Crippen LogP contribution in [0.5, 0.6) is 11.5 Å². The van der Waals surface area contributed by atoms with Crippen molar-refractivity contribution in [2.24, 2.45) is 0 Å². The molecule has 0 radical (unpaired) electrons. The summed E-state index contributed by atoms with van der Waals surface area (Å²) in [6.07, 6.45) is -0.763. The monoisotopic (exact) mass is 327 g/mol. The molecule has 0 fully saturated rings. The van der Waals surface area contributed by atoms with Gasteiger partial charge in [0.15, 0.2) is 11.5 Å². The highest BCUT2D eigenvalue weighted by molar-refractivity contribution is 5.97. The molecule has 0 spiro atoms. The first-order chi connectivity index (χ1) is 11.6. The minimum Gasteiger partial charge on any atom is -0.485 e. The van der Waals surface area contributed by atoms with Crippen LogP contribution in [0.1, 0.15) is 15.9 Å². The van der Waals surface area contributed by atoms with E-state index in [-0.39, 0.29) is 12.5 Å². The number of aryl methyl sites for hydroxylation is 1. The van der Waals surface area contributed by atoms with Crippen LogP contribution in [0, 0.1) is 6.92 Å². The second-order valence-electron chi connectivity index (χ2n) is 5.37. The van der Waals surface area contributed by atoms with Gasteiger partial charge in [0.05, 0.1) is 12.7 Å². The molecule has 0 aliphatic carbocycles. The first-order valence-electron chi connectivity index (χ1n) is 7.47. The Balaban J connectivity index is 1.75. The summed E-state index contributed by atoms with van der Waals surface area (Å²) in [6, 6.07) is 12.2. The minimum absolute atomic E-state index is 0.124. The number of ether oxygens (including phenoxy) is 3. The van der Waals surface area contributed by atoms with Gasteiger partial charge in [-0.15, -0.1) is 0 Å². The Labute approximate surface area is 139 Å². The number of methoxy groups -OCH3 is 1. The molecule has 1 aliphatic rings. The molecule has 1 heterocycles. The summed E-state index contributed by atoms with van der Waals surface area (Å²) in [7, 11) is 1.31. The van der Waals surface area contributed by atoms with Crippen LogP contribution < -0.4 is 14.8 Å². The van der Waals surface area contributed by atoms with Crippen LogP contribution in [0.3, 0.4) is 0 Å². The van der Waals surface area contributed by atoms with Gasteiger partial charge in [0.25, 0.3) is 5.91 Å². The molecule has 2 aromatic carbocycles. The Morgan fingerprint density at radius 3 is 2.67 bits per heavy atom. The maximum Gasteiger partial charge on any atom is 0.337 e. The van der Waals surface area contributed by atoms with Crippen LogP contribution in [0.25, 0.3) is 0 Å². The predicted octanol–water partition coefficient (Wildman–Crippen LogP) is 2.56. The Hall–Kier alpha value is -3.02. The van der Waals surface area contributed by atoms with Crippen LogP contribution in [0.2, 0.25) is 0 Å². The summed E-state index contributed by atoms with van der Waals surface area (Å²) in [6.45, 7) is 1.96. The number of hydrogen-bond donors (Lipinski definition) is 1. The number of hydrogen-bond acceptors (Lipinski definition) is 5. The summed E-state index contributed by atoms with van der Waals surface area (Å²) >= 11 is 0. The molecule has 3 rings (SSSR count). The zero-order valence-corrected chi connectivity index (χ0v) is 13.4. The van der Waals surface area contributed by atoms with Crippen molar-refractivity contribution < 1.29 is 23.8 Å². The van der Waals surface area contributed by atoms with Gasteiger partial charge in [0.1, 0.15) is 6.61 Å². The number of rotatable bonds is 3. The normalized spacial score (nSPS) is 15.5. The summed E-state index contributed by atoms with van der Waals surface area (Å²) in [5, 5.41) is 2.78. The smallest absolute Gasteiger partial charge is 0.337 e. The molecule has 1 aliphatic heterocycles. The summed E-state index contributed by atoms with van der Waals surface area (Å²) < 4.78 is 15.9. The van der Waals surface area contributed by atoms with E-state index in [9.17, 15) is 9.59 Å². The Morgan fingerprint density at radius 2 is 1.92 bits per heavy atom. The molecule has 6 heteroatoms. The Bertz CT molecular complexity index is 787. The van der Waals surface area contributed by atoms with E-state index in [1.807, 2.05) is 19.1 Å². The number of esters is 1. The predicted molar refractivity (Wildman–Crippen MR) is 87.5 cm³/mol. The van der Waals surface area contributed by atoms with E-state index in [1.54, 1.807) is 30.3 Å². The number of para-hydroxylation sites is 2. The van der Waals surface area contributed by atoms with Crippen molar-refractivity contribution in [2.75, 3.05) is 19.0 Å². The van der Waals surface area contributed by atoms with Gasteiger partial charge in [0.2, 0.25) is 6.10 Å². The van der Waals surface area contributed by atoms with Crippen molar-refractivity contribution in [1.82, 2.24) is 0 Å². The third kappa shape index (κ3) is 3.17. The first kappa shape index (κ1) is 15.9. The summed E-state index contributed by atoms with van der Waals surface area (Å²) in [5.41, 5.74) is 1.73. The first-order valence-corrected chi connectivity index (χ1v) is 7.47. The van der Waals surface area contributed by atoms with E-state index < -0.39 is 12.1 Å². The highest BCUT2D eigenvalue weighted by atomic mass is 16.6. The number of anilines is 1. The number of nitrogens with one attached hydrogen (secondary N) is 1. The van der Waals surface area contributed by atoms with E-state index in [0.717, 1.165) is 5.56 Å².